The molecule has 0 aromatic heterocycles. The van der Waals surface area contributed by atoms with Gasteiger partial charge in [0.05, 0.1) is 18.7 Å². The smallest absolute Gasteiger partial charge is 0.232 e. The van der Waals surface area contributed by atoms with Crippen molar-refractivity contribution < 1.29 is 9.53 Å². The SMILES string of the molecule is COc1ccc(C)cc1NC(=O)[C@H](c1ccc(Cl)cc1)C(C)C. The molecular weight excluding hydrogens is 310 g/mol. The van der Waals surface area contributed by atoms with Crippen molar-refractivity contribution in [3.63, 3.8) is 0 Å². The summed E-state index contributed by atoms with van der Waals surface area (Å²) in [5, 5.41) is 3.66. The van der Waals surface area contributed by atoms with Crippen LogP contribution in [0.3, 0.4) is 0 Å². The number of benzene rings is 2. The number of methoxy groups -OCH3 is 1. The largest absolute Gasteiger partial charge is 0.495 e. The Morgan fingerprint density at radius 3 is 2.35 bits per heavy atom. The van der Waals surface area contributed by atoms with Crippen molar-refractivity contribution in [3.8, 4) is 5.75 Å². The van der Waals surface area contributed by atoms with Crippen molar-refractivity contribution in [2.45, 2.75) is 26.7 Å². The van der Waals surface area contributed by atoms with Gasteiger partial charge in [-0.05, 0) is 48.2 Å². The van der Waals surface area contributed by atoms with E-state index in [1.54, 1.807) is 7.11 Å². The number of halogens is 1. The summed E-state index contributed by atoms with van der Waals surface area (Å²) in [5.41, 5.74) is 2.71. The van der Waals surface area contributed by atoms with Crippen LogP contribution in [-0.4, -0.2) is 13.0 Å². The maximum Gasteiger partial charge on any atom is 0.232 e. The molecule has 0 heterocycles. The highest BCUT2D eigenvalue weighted by Gasteiger charge is 2.25. The Morgan fingerprint density at radius 2 is 1.78 bits per heavy atom. The zero-order valence-corrected chi connectivity index (χ0v) is 14.6. The lowest BCUT2D eigenvalue weighted by Crippen LogP contribution is -2.25. The molecule has 1 atom stereocenters. The van der Waals surface area contributed by atoms with Crippen molar-refractivity contribution in [1.82, 2.24) is 0 Å². The minimum absolute atomic E-state index is 0.0498. The average molecular weight is 332 g/mol. The number of hydrogen-bond acceptors (Lipinski definition) is 2. The molecule has 0 fully saturated rings. The highest BCUT2D eigenvalue weighted by molar-refractivity contribution is 6.30. The van der Waals surface area contributed by atoms with Crippen LogP contribution in [0.25, 0.3) is 0 Å². The molecule has 0 aliphatic carbocycles. The fourth-order valence-electron chi connectivity index (χ4n) is 2.64. The van der Waals surface area contributed by atoms with Crippen molar-refractivity contribution >= 4 is 23.2 Å². The number of carbonyl (C=O) groups is 1. The fraction of sp³-hybridized carbons (Fsp3) is 0.316. The second-order valence-electron chi connectivity index (χ2n) is 5.97. The maximum atomic E-state index is 12.8. The molecule has 0 aliphatic heterocycles. The van der Waals surface area contributed by atoms with Crippen molar-refractivity contribution in [2.24, 2.45) is 5.92 Å². The summed E-state index contributed by atoms with van der Waals surface area (Å²) in [5.74, 6) is 0.512. The first-order valence-electron chi connectivity index (χ1n) is 7.63. The van der Waals surface area contributed by atoms with Crippen LogP contribution in [0.1, 0.15) is 30.9 Å². The van der Waals surface area contributed by atoms with E-state index in [1.807, 2.05) is 63.2 Å². The highest BCUT2D eigenvalue weighted by atomic mass is 35.5. The van der Waals surface area contributed by atoms with Crippen LogP contribution in [-0.2, 0) is 4.79 Å². The zero-order chi connectivity index (χ0) is 17.0. The molecule has 23 heavy (non-hydrogen) atoms. The summed E-state index contributed by atoms with van der Waals surface area (Å²) in [6.07, 6.45) is 0. The third kappa shape index (κ3) is 4.26. The Labute approximate surface area is 142 Å². The number of amides is 1. The van der Waals surface area contributed by atoms with Crippen molar-refractivity contribution in [1.29, 1.82) is 0 Å². The molecule has 4 heteroatoms. The van der Waals surface area contributed by atoms with Crippen LogP contribution >= 0.6 is 11.6 Å². The lowest BCUT2D eigenvalue weighted by atomic mass is 9.87. The highest BCUT2D eigenvalue weighted by Crippen LogP contribution is 2.30. The van der Waals surface area contributed by atoms with Crippen LogP contribution in [0.5, 0.6) is 5.75 Å². The first-order valence-corrected chi connectivity index (χ1v) is 8.01. The minimum Gasteiger partial charge on any atom is -0.495 e. The summed E-state index contributed by atoms with van der Waals surface area (Å²) in [6, 6.07) is 13.2. The van der Waals surface area contributed by atoms with Crippen LogP contribution < -0.4 is 10.1 Å². The predicted octanol–water partition coefficient (Wildman–Crippen LogP) is 5.04. The van der Waals surface area contributed by atoms with Crippen LogP contribution in [0, 0.1) is 12.8 Å². The van der Waals surface area contributed by atoms with E-state index in [4.69, 9.17) is 16.3 Å². The first-order chi connectivity index (χ1) is 10.9. The first kappa shape index (κ1) is 17.4. The molecule has 0 bridgehead atoms. The van der Waals surface area contributed by atoms with Gasteiger partial charge in [0.25, 0.3) is 0 Å². The lowest BCUT2D eigenvalue weighted by Gasteiger charge is -2.21. The van der Waals surface area contributed by atoms with E-state index < -0.39 is 0 Å². The van der Waals surface area contributed by atoms with Crippen LogP contribution in [0.2, 0.25) is 5.02 Å². The van der Waals surface area contributed by atoms with Gasteiger partial charge in [-0.3, -0.25) is 4.79 Å². The summed E-state index contributed by atoms with van der Waals surface area (Å²) in [6.45, 7) is 6.05. The van der Waals surface area contributed by atoms with Gasteiger partial charge in [-0.1, -0.05) is 43.6 Å². The molecule has 0 saturated carbocycles. The number of hydrogen-bond donors (Lipinski definition) is 1. The molecule has 0 saturated heterocycles. The number of anilines is 1. The molecule has 1 amide bonds. The molecule has 2 aromatic rings. The maximum absolute atomic E-state index is 12.8. The normalized spacial score (nSPS) is 12.1. The quantitative estimate of drug-likeness (QED) is 0.834. The third-order valence-electron chi connectivity index (χ3n) is 3.79. The van der Waals surface area contributed by atoms with E-state index >= 15 is 0 Å². The summed E-state index contributed by atoms with van der Waals surface area (Å²) < 4.78 is 5.33. The van der Waals surface area contributed by atoms with Gasteiger partial charge in [0.15, 0.2) is 0 Å². The van der Waals surface area contributed by atoms with Gasteiger partial charge in [0.2, 0.25) is 5.91 Å². The average Bonchev–Trinajstić information content (AvgIpc) is 2.49. The monoisotopic (exact) mass is 331 g/mol. The predicted molar refractivity (Wildman–Crippen MR) is 95.4 cm³/mol. The Kier molecular flexibility index (Phi) is 5.67. The van der Waals surface area contributed by atoms with Gasteiger partial charge in [-0.2, -0.15) is 0 Å². The van der Waals surface area contributed by atoms with Gasteiger partial charge in [0.1, 0.15) is 5.75 Å². The molecule has 2 rings (SSSR count). The van der Waals surface area contributed by atoms with Gasteiger partial charge in [-0.25, -0.2) is 0 Å². The Hall–Kier alpha value is -2.00. The number of ether oxygens (including phenoxy) is 1. The van der Waals surface area contributed by atoms with E-state index in [0.717, 1.165) is 11.1 Å². The third-order valence-corrected chi connectivity index (χ3v) is 4.04. The second kappa shape index (κ2) is 7.51. The lowest BCUT2D eigenvalue weighted by molar-refractivity contribution is -0.118. The van der Waals surface area contributed by atoms with E-state index in [2.05, 4.69) is 5.32 Å². The van der Waals surface area contributed by atoms with Crippen molar-refractivity contribution in [3.05, 3.63) is 58.6 Å². The molecule has 2 aromatic carbocycles. The molecular formula is C19H22ClNO2. The number of aryl methyl sites for hydroxylation is 1. The van der Waals surface area contributed by atoms with E-state index in [1.165, 1.54) is 0 Å². The van der Waals surface area contributed by atoms with Crippen molar-refractivity contribution in [2.75, 3.05) is 12.4 Å². The van der Waals surface area contributed by atoms with Gasteiger partial charge >= 0.3 is 0 Å². The Morgan fingerprint density at radius 1 is 1.13 bits per heavy atom. The van der Waals surface area contributed by atoms with E-state index in [9.17, 15) is 4.79 Å². The van der Waals surface area contributed by atoms with Gasteiger partial charge in [0, 0.05) is 5.02 Å². The summed E-state index contributed by atoms with van der Waals surface area (Å²) in [4.78, 5) is 12.8. The fourth-order valence-corrected chi connectivity index (χ4v) is 2.77. The van der Waals surface area contributed by atoms with E-state index in [0.29, 0.717) is 16.5 Å². The van der Waals surface area contributed by atoms with Gasteiger partial charge < -0.3 is 10.1 Å². The molecule has 0 radical (unpaired) electrons. The zero-order valence-electron chi connectivity index (χ0n) is 13.9. The molecule has 0 spiro atoms. The molecule has 0 unspecified atom stereocenters. The van der Waals surface area contributed by atoms with Crippen LogP contribution in [0.4, 0.5) is 5.69 Å². The minimum atomic E-state index is -0.252. The molecule has 122 valence electrons. The standard InChI is InChI=1S/C19H22ClNO2/c1-12(2)18(14-6-8-15(20)9-7-14)19(22)21-16-11-13(3)5-10-17(16)23-4/h5-12,18H,1-4H3,(H,21,22)/t18-/m0/s1. The summed E-state index contributed by atoms with van der Waals surface area (Å²) >= 11 is 5.95. The summed E-state index contributed by atoms with van der Waals surface area (Å²) in [7, 11) is 1.60. The second-order valence-corrected chi connectivity index (χ2v) is 6.40. The Balaban J connectivity index is 2.29. The topological polar surface area (TPSA) is 38.3 Å². The van der Waals surface area contributed by atoms with Gasteiger partial charge in [-0.15, -0.1) is 0 Å². The number of nitrogens with one attached hydrogen (secondary N) is 1. The number of rotatable bonds is 5. The molecule has 3 nitrogen and oxygen atoms in total. The molecule has 1 N–H and O–H groups in total. The molecule has 0 aliphatic rings. The number of carbonyl (C=O) groups excluding carboxylic acids is 1. The van der Waals surface area contributed by atoms with Crippen LogP contribution in [0.15, 0.2) is 42.5 Å². The van der Waals surface area contributed by atoms with E-state index in [-0.39, 0.29) is 17.7 Å². The Bertz CT molecular complexity index is 680.